The van der Waals surface area contributed by atoms with Gasteiger partial charge in [-0.25, -0.2) is 4.68 Å². The SMILES string of the molecule is CCCCCCCC(=O)NNC(=O)c1nn(CC)c(=O)c2ccccc12. The third kappa shape index (κ3) is 4.91. The lowest BCUT2D eigenvalue weighted by atomic mass is 10.1. The van der Waals surface area contributed by atoms with Gasteiger partial charge in [-0.3, -0.25) is 25.2 Å². The van der Waals surface area contributed by atoms with Gasteiger partial charge in [-0.05, 0) is 19.4 Å². The summed E-state index contributed by atoms with van der Waals surface area (Å²) in [4.78, 5) is 36.6. The molecule has 26 heavy (non-hydrogen) atoms. The molecule has 2 rings (SSSR count). The summed E-state index contributed by atoms with van der Waals surface area (Å²) in [5.74, 6) is -0.772. The standard InChI is InChI=1S/C19H26N4O3/c1-3-5-6-7-8-13-16(24)20-21-18(25)17-14-11-9-10-12-15(14)19(26)23(4-2)22-17/h9-12H,3-8,13H2,1-2H3,(H,20,24)(H,21,25). The normalized spacial score (nSPS) is 10.7. The van der Waals surface area contributed by atoms with Gasteiger partial charge in [-0.2, -0.15) is 5.10 Å². The first-order valence-corrected chi connectivity index (χ1v) is 9.17. The Balaban J connectivity index is 2.02. The second-order valence-corrected chi connectivity index (χ2v) is 6.18. The largest absolute Gasteiger partial charge is 0.290 e. The van der Waals surface area contributed by atoms with Crippen LogP contribution < -0.4 is 16.4 Å². The number of carbonyl (C=O) groups excluding carboxylic acids is 2. The zero-order chi connectivity index (χ0) is 18.9. The molecule has 2 amide bonds. The van der Waals surface area contributed by atoms with Crippen molar-refractivity contribution in [2.24, 2.45) is 0 Å². The highest BCUT2D eigenvalue weighted by molar-refractivity contribution is 6.05. The molecule has 1 aromatic carbocycles. The van der Waals surface area contributed by atoms with Crippen molar-refractivity contribution in [3.8, 4) is 0 Å². The summed E-state index contributed by atoms with van der Waals surface area (Å²) < 4.78 is 1.24. The molecule has 0 atom stereocenters. The molecule has 2 aromatic rings. The van der Waals surface area contributed by atoms with Crippen LogP contribution in [0.4, 0.5) is 0 Å². The first-order chi connectivity index (χ1) is 12.6. The number of hydrogen-bond acceptors (Lipinski definition) is 4. The van der Waals surface area contributed by atoms with Crippen molar-refractivity contribution < 1.29 is 9.59 Å². The smallest absolute Gasteiger partial charge is 0.273 e. The van der Waals surface area contributed by atoms with Crippen LogP contribution in [0.3, 0.4) is 0 Å². The van der Waals surface area contributed by atoms with Gasteiger partial charge in [0.1, 0.15) is 0 Å². The van der Waals surface area contributed by atoms with Crippen LogP contribution in [0.5, 0.6) is 0 Å². The molecule has 0 aliphatic rings. The van der Waals surface area contributed by atoms with Crippen molar-refractivity contribution in [1.29, 1.82) is 0 Å². The molecule has 0 aliphatic carbocycles. The highest BCUT2D eigenvalue weighted by atomic mass is 16.2. The number of rotatable bonds is 8. The van der Waals surface area contributed by atoms with Crippen molar-refractivity contribution in [2.75, 3.05) is 0 Å². The lowest BCUT2D eigenvalue weighted by Crippen LogP contribution is -2.42. The van der Waals surface area contributed by atoms with Gasteiger partial charge in [0.25, 0.3) is 11.5 Å². The number of amides is 2. The summed E-state index contributed by atoms with van der Waals surface area (Å²) in [6.45, 7) is 4.28. The molecule has 2 N–H and O–H groups in total. The third-order valence-electron chi connectivity index (χ3n) is 4.21. The Morgan fingerprint density at radius 1 is 1.00 bits per heavy atom. The van der Waals surface area contributed by atoms with Crippen molar-refractivity contribution in [2.45, 2.75) is 58.9 Å². The molecule has 1 aromatic heterocycles. The fraction of sp³-hybridized carbons (Fsp3) is 0.474. The number of fused-ring (bicyclic) bond motifs is 1. The highest BCUT2D eigenvalue weighted by Gasteiger charge is 2.16. The molecule has 0 spiro atoms. The van der Waals surface area contributed by atoms with E-state index < -0.39 is 5.91 Å². The number of aromatic nitrogens is 2. The lowest BCUT2D eigenvalue weighted by molar-refractivity contribution is -0.122. The predicted octanol–water partition coefficient (Wildman–Crippen LogP) is 2.54. The van der Waals surface area contributed by atoms with Crippen molar-refractivity contribution >= 4 is 22.6 Å². The molecular weight excluding hydrogens is 332 g/mol. The van der Waals surface area contributed by atoms with Gasteiger partial charge in [-0.1, -0.05) is 50.8 Å². The first-order valence-electron chi connectivity index (χ1n) is 9.17. The Labute approximate surface area is 152 Å². The number of unbranched alkanes of at least 4 members (excludes halogenated alkanes) is 4. The Morgan fingerprint density at radius 2 is 1.69 bits per heavy atom. The van der Waals surface area contributed by atoms with Gasteiger partial charge < -0.3 is 0 Å². The first kappa shape index (κ1) is 19.6. The van der Waals surface area contributed by atoms with E-state index >= 15 is 0 Å². The van der Waals surface area contributed by atoms with Crippen molar-refractivity contribution in [3.63, 3.8) is 0 Å². The van der Waals surface area contributed by atoms with Crippen LogP contribution in [-0.2, 0) is 11.3 Å². The van der Waals surface area contributed by atoms with Gasteiger partial charge >= 0.3 is 0 Å². The van der Waals surface area contributed by atoms with E-state index in [9.17, 15) is 14.4 Å². The fourth-order valence-electron chi connectivity index (χ4n) is 2.75. The number of benzene rings is 1. The summed E-state index contributed by atoms with van der Waals surface area (Å²) in [5, 5.41) is 5.03. The molecule has 140 valence electrons. The molecule has 1 heterocycles. The van der Waals surface area contributed by atoms with Gasteiger partial charge in [0.15, 0.2) is 5.69 Å². The zero-order valence-corrected chi connectivity index (χ0v) is 15.4. The van der Waals surface area contributed by atoms with E-state index in [2.05, 4.69) is 22.9 Å². The van der Waals surface area contributed by atoms with Crippen LogP contribution in [-0.4, -0.2) is 21.6 Å². The maximum atomic E-state index is 12.5. The minimum absolute atomic E-state index is 0.116. The van der Waals surface area contributed by atoms with E-state index in [4.69, 9.17) is 0 Å². The monoisotopic (exact) mass is 358 g/mol. The molecular formula is C19H26N4O3. The van der Waals surface area contributed by atoms with Crippen LogP contribution >= 0.6 is 0 Å². The number of nitrogens with one attached hydrogen (secondary N) is 2. The average Bonchev–Trinajstić information content (AvgIpc) is 2.66. The Bertz CT molecular complexity index is 829. The van der Waals surface area contributed by atoms with Gasteiger partial charge in [0.2, 0.25) is 5.91 Å². The molecule has 0 unspecified atom stereocenters. The predicted molar refractivity (Wildman–Crippen MR) is 101 cm³/mol. The number of nitrogens with zero attached hydrogens (tertiary/aromatic N) is 2. The van der Waals surface area contributed by atoms with Crippen LogP contribution in [0, 0.1) is 0 Å². The Kier molecular flexibility index (Phi) is 7.32. The maximum absolute atomic E-state index is 12.5. The minimum Gasteiger partial charge on any atom is -0.273 e. The maximum Gasteiger partial charge on any atom is 0.290 e. The van der Waals surface area contributed by atoms with E-state index in [1.807, 2.05) is 0 Å². The average molecular weight is 358 g/mol. The summed E-state index contributed by atoms with van der Waals surface area (Å²) in [5.41, 5.74) is 4.70. The van der Waals surface area contributed by atoms with Crippen LogP contribution in [0.1, 0.15) is 62.9 Å². The van der Waals surface area contributed by atoms with Crippen molar-refractivity contribution in [1.82, 2.24) is 20.6 Å². The summed E-state index contributed by atoms with van der Waals surface area (Å²) in [6.07, 6.45) is 5.61. The van der Waals surface area contributed by atoms with E-state index in [1.54, 1.807) is 31.2 Å². The van der Waals surface area contributed by atoms with Crippen LogP contribution in [0.15, 0.2) is 29.1 Å². The van der Waals surface area contributed by atoms with Crippen LogP contribution in [0.2, 0.25) is 0 Å². The van der Waals surface area contributed by atoms with E-state index in [0.29, 0.717) is 23.7 Å². The molecule has 0 saturated carbocycles. The van der Waals surface area contributed by atoms with E-state index in [1.165, 1.54) is 11.1 Å². The van der Waals surface area contributed by atoms with Gasteiger partial charge in [0.05, 0.1) is 5.39 Å². The Hall–Kier alpha value is -2.70. The van der Waals surface area contributed by atoms with E-state index in [0.717, 1.165) is 25.7 Å². The second kappa shape index (κ2) is 9.70. The third-order valence-corrected chi connectivity index (χ3v) is 4.21. The number of hydrogen-bond donors (Lipinski definition) is 2. The number of aryl methyl sites for hydroxylation is 1. The molecule has 0 aliphatic heterocycles. The van der Waals surface area contributed by atoms with E-state index in [-0.39, 0.29) is 17.2 Å². The Morgan fingerprint density at radius 3 is 2.38 bits per heavy atom. The van der Waals surface area contributed by atoms with Gasteiger partial charge in [0, 0.05) is 18.4 Å². The highest BCUT2D eigenvalue weighted by Crippen LogP contribution is 2.13. The van der Waals surface area contributed by atoms with Gasteiger partial charge in [-0.15, -0.1) is 0 Å². The minimum atomic E-state index is -0.539. The molecule has 0 radical (unpaired) electrons. The fourth-order valence-corrected chi connectivity index (χ4v) is 2.75. The summed E-state index contributed by atoms with van der Waals surface area (Å²) >= 11 is 0. The van der Waals surface area contributed by atoms with Crippen LogP contribution in [0.25, 0.3) is 10.8 Å². The number of carbonyl (C=O) groups is 2. The quantitative estimate of drug-likeness (QED) is 0.560. The zero-order valence-electron chi connectivity index (χ0n) is 15.4. The lowest BCUT2D eigenvalue weighted by Gasteiger charge is -2.11. The molecule has 0 fully saturated rings. The summed E-state index contributed by atoms with van der Waals surface area (Å²) in [6, 6.07) is 6.82. The number of hydrazine groups is 1. The second-order valence-electron chi connectivity index (χ2n) is 6.18. The molecule has 0 saturated heterocycles. The summed E-state index contributed by atoms with van der Waals surface area (Å²) in [7, 11) is 0. The topological polar surface area (TPSA) is 93.1 Å². The molecule has 0 bridgehead atoms. The van der Waals surface area contributed by atoms with Crippen molar-refractivity contribution in [3.05, 3.63) is 40.3 Å². The molecule has 7 heteroatoms. The molecule has 7 nitrogen and oxygen atoms in total.